The summed E-state index contributed by atoms with van der Waals surface area (Å²) in [5.74, 6) is 0. The zero-order chi connectivity index (χ0) is 19.7. The molecule has 1 saturated heterocycles. The van der Waals surface area contributed by atoms with E-state index in [1.54, 1.807) is 7.05 Å². The van der Waals surface area contributed by atoms with Crippen LogP contribution >= 0.6 is 0 Å². The normalized spacial score (nSPS) is 19.2. The van der Waals surface area contributed by atoms with Crippen molar-refractivity contribution in [1.82, 2.24) is 14.6 Å². The largest absolute Gasteiger partial charge is 0.593 e. The molecule has 3 aromatic rings. The maximum absolute atomic E-state index is 12.2. The van der Waals surface area contributed by atoms with Crippen LogP contribution in [-0.4, -0.2) is 28.0 Å². The monoisotopic (exact) mass is 395 g/mol. The molecule has 28 heavy (non-hydrogen) atoms. The molecule has 1 fully saturated rings. The molecule has 4 nitrogen and oxygen atoms in total. The van der Waals surface area contributed by atoms with Gasteiger partial charge in [0.25, 0.3) is 0 Å². The fourth-order valence-electron chi connectivity index (χ4n) is 4.57. The molecule has 2 atom stereocenters. The minimum Gasteiger partial charge on any atom is -0.593 e. The first-order chi connectivity index (χ1) is 13.6. The van der Waals surface area contributed by atoms with Gasteiger partial charge < -0.3 is 9.54 Å². The molecule has 0 amide bonds. The van der Waals surface area contributed by atoms with Crippen molar-refractivity contribution in [2.45, 2.75) is 50.6 Å². The lowest BCUT2D eigenvalue weighted by Crippen LogP contribution is -2.33. The first-order valence-electron chi connectivity index (χ1n) is 10.1. The van der Waals surface area contributed by atoms with Gasteiger partial charge in [0.1, 0.15) is 0 Å². The highest BCUT2D eigenvalue weighted by Gasteiger charge is 2.26. The van der Waals surface area contributed by atoms with Crippen molar-refractivity contribution in [3.8, 4) is 0 Å². The van der Waals surface area contributed by atoms with Crippen LogP contribution in [0.25, 0.3) is 10.9 Å². The molecule has 148 valence electrons. The molecular formula is C23H29N3OS. The van der Waals surface area contributed by atoms with Crippen molar-refractivity contribution >= 4 is 22.3 Å². The van der Waals surface area contributed by atoms with Gasteiger partial charge in [-0.15, -0.1) is 4.72 Å². The first kappa shape index (κ1) is 19.5. The Morgan fingerprint density at radius 1 is 1.18 bits per heavy atom. The second kappa shape index (κ2) is 8.29. The molecule has 0 bridgehead atoms. The van der Waals surface area contributed by atoms with E-state index in [9.17, 15) is 4.55 Å². The van der Waals surface area contributed by atoms with Crippen LogP contribution in [0.5, 0.6) is 0 Å². The second-order valence-electron chi connectivity index (χ2n) is 7.78. The standard InChI is InChI=1S/C23H29N3OS/c1-16-13-17(2)23-20(10-11-25-23)21(16)15-26-12-5-4-9-22(26)18-7-6-8-19(14-18)28(27)24-3/h6-8,10-11,13-14,22,24-25H,4-5,9,12,15H2,1-3H3. The van der Waals surface area contributed by atoms with Crippen LogP contribution in [0.15, 0.2) is 47.5 Å². The van der Waals surface area contributed by atoms with Crippen LogP contribution in [0.3, 0.4) is 0 Å². The first-order valence-corrected chi connectivity index (χ1v) is 11.2. The van der Waals surface area contributed by atoms with E-state index in [2.05, 4.69) is 52.7 Å². The Bertz CT molecular complexity index is 968. The number of nitrogens with zero attached hydrogens (tertiary/aromatic N) is 1. The Morgan fingerprint density at radius 3 is 2.86 bits per heavy atom. The molecule has 0 saturated carbocycles. The van der Waals surface area contributed by atoms with Crippen LogP contribution in [-0.2, 0) is 17.9 Å². The highest BCUT2D eigenvalue weighted by atomic mass is 32.2. The summed E-state index contributed by atoms with van der Waals surface area (Å²) in [7, 11) is 1.73. The molecule has 2 unspecified atom stereocenters. The van der Waals surface area contributed by atoms with Crippen molar-refractivity contribution in [2.24, 2.45) is 0 Å². The summed E-state index contributed by atoms with van der Waals surface area (Å²) >= 11 is -1.15. The van der Waals surface area contributed by atoms with Crippen molar-refractivity contribution < 1.29 is 4.55 Å². The lowest BCUT2D eigenvalue weighted by atomic mass is 9.93. The number of hydrogen-bond donors (Lipinski definition) is 2. The molecule has 1 aliphatic heterocycles. The molecule has 4 rings (SSSR count). The summed E-state index contributed by atoms with van der Waals surface area (Å²) in [4.78, 5) is 6.86. The molecule has 0 radical (unpaired) electrons. The van der Waals surface area contributed by atoms with Crippen LogP contribution < -0.4 is 4.72 Å². The van der Waals surface area contributed by atoms with E-state index >= 15 is 0 Å². The zero-order valence-corrected chi connectivity index (χ0v) is 17.7. The van der Waals surface area contributed by atoms with Crippen molar-refractivity contribution in [2.75, 3.05) is 13.6 Å². The number of benzene rings is 2. The number of rotatable bonds is 5. The van der Waals surface area contributed by atoms with E-state index in [4.69, 9.17) is 0 Å². The number of nitrogens with one attached hydrogen (secondary N) is 2. The van der Waals surface area contributed by atoms with E-state index < -0.39 is 11.4 Å². The Kier molecular flexibility index (Phi) is 5.78. The number of aromatic amines is 1. The minimum atomic E-state index is -1.15. The number of aryl methyl sites for hydroxylation is 2. The summed E-state index contributed by atoms with van der Waals surface area (Å²) in [6.07, 6.45) is 5.68. The van der Waals surface area contributed by atoms with Gasteiger partial charge in [0, 0.05) is 42.8 Å². The summed E-state index contributed by atoms with van der Waals surface area (Å²) in [6.45, 7) is 6.45. The third kappa shape index (κ3) is 3.72. The fourth-order valence-corrected chi connectivity index (χ4v) is 5.25. The fraction of sp³-hybridized carbons (Fsp3) is 0.391. The summed E-state index contributed by atoms with van der Waals surface area (Å²) in [5, 5.41) is 1.34. The van der Waals surface area contributed by atoms with Gasteiger partial charge in [-0.2, -0.15) is 0 Å². The Hall–Kier alpha value is -1.79. The topological polar surface area (TPSA) is 54.1 Å². The summed E-state index contributed by atoms with van der Waals surface area (Å²) < 4.78 is 15.0. The van der Waals surface area contributed by atoms with Gasteiger partial charge >= 0.3 is 0 Å². The van der Waals surface area contributed by atoms with Gasteiger partial charge in [0.05, 0.1) is 11.4 Å². The summed E-state index contributed by atoms with van der Waals surface area (Å²) in [6, 6.07) is 13.2. The van der Waals surface area contributed by atoms with Crippen LogP contribution in [0.2, 0.25) is 0 Å². The van der Waals surface area contributed by atoms with Gasteiger partial charge in [-0.1, -0.05) is 24.6 Å². The van der Waals surface area contributed by atoms with E-state index in [1.165, 1.54) is 46.0 Å². The molecule has 5 heteroatoms. The predicted octanol–water partition coefficient (Wildman–Crippen LogP) is 4.75. The quantitative estimate of drug-likeness (QED) is 0.613. The number of aromatic nitrogens is 1. The maximum atomic E-state index is 12.2. The van der Waals surface area contributed by atoms with Gasteiger partial charge in [-0.05, 0) is 67.6 Å². The third-order valence-corrected chi connectivity index (χ3v) is 7.05. The molecular weight excluding hydrogens is 366 g/mol. The molecule has 0 spiro atoms. The second-order valence-corrected chi connectivity index (χ2v) is 9.20. The van der Waals surface area contributed by atoms with Crippen LogP contribution in [0.1, 0.15) is 47.6 Å². The SMILES string of the molecule is CN[S+]([O-])c1cccc(C2CCCCN2Cc2c(C)cc(C)c3[nH]ccc23)c1. The maximum Gasteiger partial charge on any atom is 0.174 e. The van der Waals surface area contributed by atoms with E-state index in [0.717, 1.165) is 24.4 Å². The zero-order valence-electron chi connectivity index (χ0n) is 16.9. The lowest BCUT2D eigenvalue weighted by Gasteiger charge is -2.36. The Labute approximate surface area is 170 Å². The Morgan fingerprint density at radius 2 is 2.04 bits per heavy atom. The molecule has 1 aromatic heterocycles. The molecule has 0 aliphatic carbocycles. The van der Waals surface area contributed by atoms with Crippen LogP contribution in [0.4, 0.5) is 0 Å². The highest BCUT2D eigenvalue weighted by molar-refractivity contribution is 7.89. The molecule has 2 heterocycles. The van der Waals surface area contributed by atoms with Gasteiger partial charge in [0.15, 0.2) is 4.90 Å². The predicted molar refractivity (Wildman–Crippen MR) is 117 cm³/mol. The minimum absolute atomic E-state index is 0.372. The molecule has 2 N–H and O–H groups in total. The number of likely N-dealkylation sites (tertiary alicyclic amines) is 1. The average molecular weight is 396 g/mol. The number of piperidine rings is 1. The molecule has 2 aromatic carbocycles. The van der Waals surface area contributed by atoms with E-state index in [1.807, 2.05) is 18.3 Å². The summed E-state index contributed by atoms with van der Waals surface area (Å²) in [5.41, 5.74) is 6.61. The Balaban J connectivity index is 1.67. The van der Waals surface area contributed by atoms with Gasteiger partial charge in [-0.25, -0.2) is 0 Å². The van der Waals surface area contributed by atoms with Gasteiger partial charge in [-0.3, -0.25) is 4.90 Å². The number of fused-ring (bicyclic) bond motifs is 1. The van der Waals surface area contributed by atoms with Crippen molar-refractivity contribution in [3.05, 3.63) is 64.8 Å². The lowest BCUT2D eigenvalue weighted by molar-refractivity contribution is 0.140. The van der Waals surface area contributed by atoms with Crippen LogP contribution in [0, 0.1) is 13.8 Å². The van der Waals surface area contributed by atoms with Crippen molar-refractivity contribution in [3.63, 3.8) is 0 Å². The van der Waals surface area contributed by atoms with E-state index in [0.29, 0.717) is 6.04 Å². The third-order valence-electron chi connectivity index (χ3n) is 5.99. The van der Waals surface area contributed by atoms with Crippen molar-refractivity contribution in [1.29, 1.82) is 0 Å². The number of hydrogen-bond acceptors (Lipinski definition) is 3. The molecule has 1 aliphatic rings. The highest BCUT2D eigenvalue weighted by Crippen LogP contribution is 2.35. The average Bonchev–Trinajstić information content (AvgIpc) is 3.21. The smallest absolute Gasteiger partial charge is 0.174 e. The van der Waals surface area contributed by atoms with E-state index in [-0.39, 0.29) is 0 Å². The van der Waals surface area contributed by atoms with Gasteiger partial charge in [0.2, 0.25) is 0 Å². The number of H-pyrrole nitrogens is 1.